The SMILES string of the molecule is CCCCCc1cc2ccsc2c(=O)o1. The minimum Gasteiger partial charge on any atom is -0.427 e. The second-order valence-electron chi connectivity index (χ2n) is 3.66. The Morgan fingerprint density at radius 2 is 2.27 bits per heavy atom. The van der Waals surface area contributed by atoms with Gasteiger partial charge in [-0.2, -0.15) is 0 Å². The van der Waals surface area contributed by atoms with Gasteiger partial charge in [-0.05, 0) is 23.9 Å². The molecule has 0 spiro atoms. The average Bonchev–Trinajstić information content (AvgIpc) is 2.66. The normalized spacial score (nSPS) is 11.0. The maximum atomic E-state index is 11.5. The van der Waals surface area contributed by atoms with Crippen LogP contribution in [0.1, 0.15) is 31.9 Å². The monoisotopic (exact) mass is 222 g/mol. The predicted octanol–water partition coefficient (Wildman–Crippen LogP) is 3.59. The first-order valence-electron chi connectivity index (χ1n) is 5.31. The van der Waals surface area contributed by atoms with Crippen molar-refractivity contribution in [3.05, 3.63) is 33.7 Å². The molecule has 15 heavy (non-hydrogen) atoms. The minimum atomic E-state index is -0.186. The van der Waals surface area contributed by atoms with Crippen LogP contribution in [0.2, 0.25) is 0 Å². The van der Waals surface area contributed by atoms with Crippen molar-refractivity contribution in [2.75, 3.05) is 0 Å². The van der Waals surface area contributed by atoms with Crippen LogP contribution in [0.4, 0.5) is 0 Å². The van der Waals surface area contributed by atoms with Crippen molar-refractivity contribution < 1.29 is 4.42 Å². The molecule has 0 aliphatic rings. The van der Waals surface area contributed by atoms with Gasteiger partial charge in [0.1, 0.15) is 10.5 Å². The van der Waals surface area contributed by atoms with E-state index in [1.807, 2.05) is 17.5 Å². The second kappa shape index (κ2) is 4.62. The molecule has 0 N–H and O–H groups in total. The lowest BCUT2D eigenvalue weighted by Crippen LogP contribution is -1.99. The molecule has 0 amide bonds. The van der Waals surface area contributed by atoms with Crippen LogP contribution >= 0.6 is 11.3 Å². The highest BCUT2D eigenvalue weighted by molar-refractivity contribution is 7.17. The van der Waals surface area contributed by atoms with Crippen LogP contribution in [0, 0.1) is 0 Å². The first-order valence-corrected chi connectivity index (χ1v) is 6.19. The predicted molar refractivity (Wildman–Crippen MR) is 63.6 cm³/mol. The van der Waals surface area contributed by atoms with Crippen molar-refractivity contribution in [3.63, 3.8) is 0 Å². The summed E-state index contributed by atoms with van der Waals surface area (Å²) in [6.07, 6.45) is 4.33. The standard InChI is InChI=1S/C12H14O2S/c1-2-3-4-5-10-8-9-6-7-15-11(9)12(13)14-10/h6-8H,2-5H2,1H3. The molecule has 0 aliphatic heterocycles. The molecule has 2 nitrogen and oxygen atoms in total. The number of aryl methyl sites for hydroxylation is 1. The van der Waals surface area contributed by atoms with Crippen molar-refractivity contribution in [1.82, 2.24) is 0 Å². The minimum absolute atomic E-state index is 0.186. The van der Waals surface area contributed by atoms with Crippen LogP contribution < -0.4 is 5.63 Å². The Morgan fingerprint density at radius 1 is 1.40 bits per heavy atom. The van der Waals surface area contributed by atoms with E-state index in [1.54, 1.807) is 0 Å². The van der Waals surface area contributed by atoms with Gasteiger partial charge >= 0.3 is 5.63 Å². The summed E-state index contributed by atoms with van der Waals surface area (Å²) in [7, 11) is 0. The van der Waals surface area contributed by atoms with E-state index < -0.39 is 0 Å². The molecule has 0 aliphatic carbocycles. The van der Waals surface area contributed by atoms with Gasteiger partial charge in [0.05, 0.1) is 0 Å². The molecule has 0 saturated heterocycles. The molecule has 0 aromatic carbocycles. The summed E-state index contributed by atoms with van der Waals surface area (Å²) >= 11 is 1.44. The zero-order chi connectivity index (χ0) is 10.7. The van der Waals surface area contributed by atoms with E-state index in [2.05, 4.69) is 6.92 Å². The molecule has 0 unspecified atom stereocenters. The van der Waals surface area contributed by atoms with E-state index in [-0.39, 0.29) is 5.63 Å². The summed E-state index contributed by atoms with van der Waals surface area (Å²) in [5.41, 5.74) is -0.186. The van der Waals surface area contributed by atoms with Gasteiger partial charge in [0.15, 0.2) is 0 Å². The van der Waals surface area contributed by atoms with Crippen LogP contribution in [0.3, 0.4) is 0 Å². The first-order chi connectivity index (χ1) is 7.31. The maximum absolute atomic E-state index is 11.5. The fourth-order valence-corrected chi connectivity index (χ4v) is 2.39. The molecule has 2 aromatic rings. The molecule has 0 atom stereocenters. The van der Waals surface area contributed by atoms with E-state index in [1.165, 1.54) is 24.2 Å². The molecule has 3 heteroatoms. The van der Waals surface area contributed by atoms with E-state index in [9.17, 15) is 4.79 Å². The Kier molecular flexibility index (Phi) is 3.21. The molecule has 0 fully saturated rings. The van der Waals surface area contributed by atoms with Gasteiger partial charge < -0.3 is 4.42 Å². The number of thiophene rings is 1. The number of unbranched alkanes of at least 4 members (excludes halogenated alkanes) is 2. The molecule has 2 rings (SSSR count). The number of fused-ring (bicyclic) bond motifs is 1. The summed E-state index contributed by atoms with van der Waals surface area (Å²) in [5.74, 6) is 0.819. The molecule has 80 valence electrons. The van der Waals surface area contributed by atoms with Crippen molar-refractivity contribution in [3.8, 4) is 0 Å². The largest absolute Gasteiger partial charge is 0.427 e. The van der Waals surface area contributed by atoms with Gasteiger partial charge in [-0.1, -0.05) is 19.8 Å². The first kappa shape index (κ1) is 10.4. The van der Waals surface area contributed by atoms with Crippen molar-refractivity contribution >= 4 is 21.4 Å². The Hall–Kier alpha value is -1.09. The molecule has 2 heterocycles. The van der Waals surface area contributed by atoms with Gasteiger partial charge in [-0.3, -0.25) is 0 Å². The van der Waals surface area contributed by atoms with E-state index in [0.29, 0.717) is 0 Å². The van der Waals surface area contributed by atoms with Crippen molar-refractivity contribution in [2.24, 2.45) is 0 Å². The number of hydrogen-bond acceptors (Lipinski definition) is 3. The van der Waals surface area contributed by atoms with Crippen molar-refractivity contribution in [2.45, 2.75) is 32.6 Å². The van der Waals surface area contributed by atoms with Crippen LogP contribution in [-0.2, 0) is 6.42 Å². The highest BCUT2D eigenvalue weighted by Gasteiger charge is 2.04. The van der Waals surface area contributed by atoms with Crippen LogP contribution in [0.15, 0.2) is 26.7 Å². The molecule has 0 bridgehead atoms. The smallest absolute Gasteiger partial charge is 0.354 e. The van der Waals surface area contributed by atoms with Gasteiger partial charge in [0.2, 0.25) is 0 Å². The topological polar surface area (TPSA) is 30.2 Å². The zero-order valence-corrected chi connectivity index (χ0v) is 9.60. The highest BCUT2D eigenvalue weighted by atomic mass is 32.1. The number of rotatable bonds is 4. The summed E-state index contributed by atoms with van der Waals surface area (Å²) < 4.78 is 5.98. The summed E-state index contributed by atoms with van der Waals surface area (Å²) in [4.78, 5) is 11.5. The lowest BCUT2D eigenvalue weighted by molar-refractivity contribution is 0.458. The van der Waals surface area contributed by atoms with E-state index in [0.717, 1.165) is 28.7 Å². The third-order valence-electron chi connectivity index (χ3n) is 2.45. The third-order valence-corrected chi connectivity index (χ3v) is 3.36. The molecular weight excluding hydrogens is 208 g/mol. The van der Waals surface area contributed by atoms with Crippen LogP contribution in [-0.4, -0.2) is 0 Å². The van der Waals surface area contributed by atoms with Gasteiger partial charge in [-0.15, -0.1) is 11.3 Å². The van der Waals surface area contributed by atoms with Gasteiger partial charge in [0.25, 0.3) is 0 Å². The Morgan fingerprint density at radius 3 is 3.07 bits per heavy atom. The molecular formula is C12H14O2S. The Balaban J connectivity index is 2.25. The fourth-order valence-electron chi connectivity index (χ4n) is 1.64. The van der Waals surface area contributed by atoms with Crippen LogP contribution in [0.25, 0.3) is 10.1 Å². The number of hydrogen-bond donors (Lipinski definition) is 0. The van der Waals surface area contributed by atoms with E-state index in [4.69, 9.17) is 4.42 Å². The van der Waals surface area contributed by atoms with Gasteiger partial charge in [0, 0.05) is 11.8 Å². The van der Waals surface area contributed by atoms with Crippen LogP contribution in [0.5, 0.6) is 0 Å². The fraction of sp³-hybridized carbons (Fsp3) is 0.417. The Labute approximate surface area is 92.5 Å². The maximum Gasteiger partial charge on any atom is 0.354 e. The van der Waals surface area contributed by atoms with E-state index >= 15 is 0 Å². The zero-order valence-electron chi connectivity index (χ0n) is 8.79. The second-order valence-corrected chi connectivity index (χ2v) is 4.58. The highest BCUT2D eigenvalue weighted by Crippen LogP contribution is 2.18. The molecule has 2 aromatic heterocycles. The lowest BCUT2D eigenvalue weighted by atomic mass is 10.1. The average molecular weight is 222 g/mol. The molecule has 0 radical (unpaired) electrons. The molecule has 0 saturated carbocycles. The lowest BCUT2D eigenvalue weighted by Gasteiger charge is -1.98. The summed E-state index contributed by atoms with van der Waals surface area (Å²) in [5, 5.41) is 2.94. The summed E-state index contributed by atoms with van der Waals surface area (Å²) in [6.45, 7) is 2.16. The Bertz CT molecular complexity index is 496. The quantitative estimate of drug-likeness (QED) is 0.740. The summed E-state index contributed by atoms with van der Waals surface area (Å²) in [6, 6.07) is 3.96. The van der Waals surface area contributed by atoms with Crippen molar-refractivity contribution in [1.29, 1.82) is 0 Å². The third kappa shape index (κ3) is 2.29. The van der Waals surface area contributed by atoms with Gasteiger partial charge in [-0.25, -0.2) is 4.79 Å².